The van der Waals surface area contributed by atoms with Crippen LogP contribution in [-0.4, -0.2) is 23.8 Å². The zero-order valence-corrected chi connectivity index (χ0v) is 18.6. The second-order valence-corrected chi connectivity index (χ2v) is 8.73. The van der Waals surface area contributed by atoms with Crippen molar-refractivity contribution in [3.05, 3.63) is 59.2 Å². The molecule has 0 saturated heterocycles. The molecule has 0 aromatic heterocycles. The predicted molar refractivity (Wildman–Crippen MR) is 119 cm³/mol. The number of hydrogen-bond acceptors (Lipinski definition) is 4. The lowest BCUT2D eigenvalue weighted by atomic mass is 9.79. The van der Waals surface area contributed by atoms with E-state index in [0.29, 0.717) is 11.7 Å². The van der Waals surface area contributed by atoms with E-state index in [1.165, 1.54) is 12.5 Å². The highest BCUT2D eigenvalue weighted by Crippen LogP contribution is 2.47. The number of rotatable bonds is 8. The number of aliphatic hydroxyl groups excluding tert-OH is 1. The second-order valence-electron chi connectivity index (χ2n) is 8.73. The van der Waals surface area contributed by atoms with Crippen LogP contribution in [-0.2, 0) is 11.2 Å². The Morgan fingerprint density at radius 2 is 1.97 bits per heavy atom. The smallest absolute Gasteiger partial charge is 0.308 e. The van der Waals surface area contributed by atoms with Crippen molar-refractivity contribution >= 4 is 5.97 Å². The standard InChI is InChI=1S/C26H34O4/c1-17(9-8-12-21-10-6-5-7-11-21)22-14-24-26(25(15-22)30-20(4)28)23(18(2)16-27)13-19(3)29-24/h5-7,10-11,14-15,17-19,23,27H,8-9,12-13,16H2,1-4H3. The average Bonchev–Trinajstić information content (AvgIpc) is 2.72. The van der Waals surface area contributed by atoms with Crippen molar-refractivity contribution in [1.82, 2.24) is 0 Å². The van der Waals surface area contributed by atoms with Crippen LogP contribution in [0.3, 0.4) is 0 Å². The molecule has 0 bridgehead atoms. The van der Waals surface area contributed by atoms with Gasteiger partial charge in [-0.25, -0.2) is 0 Å². The summed E-state index contributed by atoms with van der Waals surface area (Å²) in [5.74, 6) is 1.54. The molecule has 4 heteroatoms. The maximum Gasteiger partial charge on any atom is 0.308 e. The molecule has 4 nitrogen and oxygen atoms in total. The predicted octanol–water partition coefficient (Wildman–Crippen LogP) is 5.62. The van der Waals surface area contributed by atoms with Gasteiger partial charge >= 0.3 is 5.97 Å². The first-order valence-corrected chi connectivity index (χ1v) is 11.1. The molecule has 3 rings (SSSR count). The molecule has 1 heterocycles. The van der Waals surface area contributed by atoms with Crippen molar-refractivity contribution in [2.75, 3.05) is 6.61 Å². The molecule has 162 valence electrons. The van der Waals surface area contributed by atoms with Gasteiger partial charge in [0.25, 0.3) is 0 Å². The molecule has 0 radical (unpaired) electrons. The van der Waals surface area contributed by atoms with Crippen LogP contribution in [0.4, 0.5) is 0 Å². The Balaban J connectivity index is 1.85. The van der Waals surface area contributed by atoms with E-state index in [2.05, 4.69) is 44.2 Å². The minimum atomic E-state index is -0.333. The van der Waals surface area contributed by atoms with Crippen LogP contribution in [0.2, 0.25) is 0 Å². The van der Waals surface area contributed by atoms with Gasteiger partial charge in [-0.15, -0.1) is 0 Å². The Kier molecular flexibility index (Phi) is 7.54. The zero-order valence-electron chi connectivity index (χ0n) is 18.6. The molecular weight excluding hydrogens is 376 g/mol. The molecule has 2 aromatic rings. The first-order chi connectivity index (χ1) is 14.4. The second kappa shape index (κ2) is 10.1. The van der Waals surface area contributed by atoms with Gasteiger partial charge in [-0.05, 0) is 73.6 Å². The van der Waals surface area contributed by atoms with E-state index in [9.17, 15) is 9.90 Å². The Hall–Kier alpha value is -2.33. The number of hydrogen-bond donors (Lipinski definition) is 1. The normalized spacial score (nSPS) is 20.0. The van der Waals surface area contributed by atoms with Gasteiger partial charge in [0.2, 0.25) is 0 Å². The van der Waals surface area contributed by atoms with E-state index in [1.807, 2.05) is 19.1 Å². The Bertz CT molecular complexity index is 846. The summed E-state index contributed by atoms with van der Waals surface area (Å²) >= 11 is 0. The van der Waals surface area contributed by atoms with E-state index >= 15 is 0 Å². The first-order valence-electron chi connectivity index (χ1n) is 11.1. The third-order valence-corrected chi connectivity index (χ3v) is 6.15. The van der Waals surface area contributed by atoms with Gasteiger partial charge in [0.05, 0.1) is 6.10 Å². The fourth-order valence-electron chi connectivity index (χ4n) is 4.42. The Labute approximate surface area is 180 Å². The summed E-state index contributed by atoms with van der Waals surface area (Å²) in [7, 11) is 0. The number of ether oxygens (including phenoxy) is 2. The fraction of sp³-hybridized carbons (Fsp3) is 0.500. The van der Waals surface area contributed by atoms with Gasteiger partial charge in [0, 0.05) is 19.1 Å². The lowest BCUT2D eigenvalue weighted by molar-refractivity contribution is -0.132. The maximum atomic E-state index is 11.8. The van der Waals surface area contributed by atoms with Crippen molar-refractivity contribution in [1.29, 1.82) is 0 Å². The first kappa shape index (κ1) is 22.4. The molecule has 0 amide bonds. The highest BCUT2D eigenvalue weighted by molar-refractivity contribution is 5.71. The van der Waals surface area contributed by atoms with E-state index < -0.39 is 0 Å². The largest absolute Gasteiger partial charge is 0.490 e. The quantitative estimate of drug-likeness (QED) is 0.453. The number of carbonyl (C=O) groups is 1. The number of fused-ring (bicyclic) bond motifs is 1. The van der Waals surface area contributed by atoms with Crippen LogP contribution >= 0.6 is 0 Å². The van der Waals surface area contributed by atoms with Crippen molar-refractivity contribution in [2.24, 2.45) is 5.92 Å². The highest BCUT2D eigenvalue weighted by atomic mass is 16.5. The molecule has 4 unspecified atom stereocenters. The number of esters is 1. The SMILES string of the molecule is CC(=O)Oc1cc(C(C)CCCc2ccccc2)cc2c1C(C(C)CO)CC(C)O2. The Morgan fingerprint density at radius 3 is 2.63 bits per heavy atom. The minimum absolute atomic E-state index is 0.0605. The van der Waals surface area contributed by atoms with Gasteiger partial charge in [0.1, 0.15) is 11.5 Å². The van der Waals surface area contributed by atoms with Crippen molar-refractivity contribution < 1.29 is 19.4 Å². The molecule has 0 aliphatic carbocycles. The van der Waals surface area contributed by atoms with E-state index in [0.717, 1.165) is 42.6 Å². The summed E-state index contributed by atoms with van der Waals surface area (Å²) in [6.07, 6.45) is 4.04. The number of aliphatic hydroxyl groups is 1. The van der Waals surface area contributed by atoms with Gasteiger partial charge in [0.15, 0.2) is 0 Å². The minimum Gasteiger partial charge on any atom is -0.490 e. The molecule has 30 heavy (non-hydrogen) atoms. The van der Waals surface area contributed by atoms with E-state index in [1.54, 1.807) is 0 Å². The van der Waals surface area contributed by atoms with Crippen LogP contribution in [0.15, 0.2) is 42.5 Å². The molecular formula is C26H34O4. The number of benzene rings is 2. The van der Waals surface area contributed by atoms with Gasteiger partial charge in [-0.3, -0.25) is 4.79 Å². The zero-order chi connectivity index (χ0) is 21.7. The Morgan fingerprint density at radius 1 is 1.23 bits per heavy atom. The van der Waals surface area contributed by atoms with E-state index in [4.69, 9.17) is 9.47 Å². The molecule has 0 saturated carbocycles. The molecule has 1 aliphatic rings. The summed E-state index contributed by atoms with van der Waals surface area (Å²) in [6.45, 7) is 7.82. The van der Waals surface area contributed by atoms with E-state index in [-0.39, 0.29) is 30.5 Å². The summed E-state index contributed by atoms with van der Waals surface area (Å²) in [5, 5.41) is 9.76. The lowest BCUT2D eigenvalue weighted by Gasteiger charge is -2.35. The molecule has 1 aliphatic heterocycles. The van der Waals surface area contributed by atoms with Gasteiger partial charge < -0.3 is 14.6 Å². The maximum absolute atomic E-state index is 11.8. The summed E-state index contributed by atoms with van der Waals surface area (Å²) in [4.78, 5) is 11.8. The van der Waals surface area contributed by atoms with Crippen LogP contribution in [0.5, 0.6) is 11.5 Å². The van der Waals surface area contributed by atoms with Crippen LogP contribution in [0, 0.1) is 5.92 Å². The third kappa shape index (κ3) is 5.42. The summed E-state index contributed by atoms with van der Waals surface area (Å²) in [5.41, 5.74) is 3.40. The van der Waals surface area contributed by atoms with Gasteiger partial charge in [-0.2, -0.15) is 0 Å². The molecule has 4 atom stereocenters. The van der Waals surface area contributed by atoms with Gasteiger partial charge in [-0.1, -0.05) is 44.2 Å². The average molecular weight is 411 g/mol. The number of carbonyl (C=O) groups excluding carboxylic acids is 1. The van der Waals surface area contributed by atoms with Crippen LogP contribution in [0.1, 0.15) is 75.5 Å². The monoisotopic (exact) mass is 410 g/mol. The summed E-state index contributed by atoms with van der Waals surface area (Å²) in [6, 6.07) is 14.7. The highest BCUT2D eigenvalue weighted by Gasteiger charge is 2.34. The summed E-state index contributed by atoms with van der Waals surface area (Å²) < 4.78 is 11.8. The molecule has 2 aromatic carbocycles. The molecule has 1 N–H and O–H groups in total. The molecule has 0 fully saturated rings. The van der Waals surface area contributed by atoms with Crippen molar-refractivity contribution in [2.45, 2.75) is 71.3 Å². The third-order valence-electron chi connectivity index (χ3n) is 6.15. The lowest BCUT2D eigenvalue weighted by Crippen LogP contribution is -2.28. The van der Waals surface area contributed by atoms with Crippen molar-refractivity contribution in [3.8, 4) is 11.5 Å². The molecule has 0 spiro atoms. The fourth-order valence-corrected chi connectivity index (χ4v) is 4.42. The van der Waals surface area contributed by atoms with Crippen molar-refractivity contribution in [3.63, 3.8) is 0 Å². The topological polar surface area (TPSA) is 55.8 Å². The number of aryl methyl sites for hydroxylation is 1. The van der Waals surface area contributed by atoms with Crippen LogP contribution in [0.25, 0.3) is 0 Å². The van der Waals surface area contributed by atoms with Crippen LogP contribution < -0.4 is 9.47 Å².